The Labute approximate surface area is 84.2 Å². The Bertz CT molecular complexity index is 108. The molecule has 0 spiro atoms. The van der Waals surface area contributed by atoms with Gasteiger partial charge in [0.1, 0.15) is 0 Å². The zero-order valence-corrected chi connectivity index (χ0v) is 10.5. The van der Waals surface area contributed by atoms with Crippen molar-refractivity contribution in [3.05, 3.63) is 0 Å². The van der Waals surface area contributed by atoms with Crippen molar-refractivity contribution in [2.24, 2.45) is 9.98 Å². The Morgan fingerprint density at radius 2 is 0.923 bits per heavy atom. The van der Waals surface area contributed by atoms with Crippen LogP contribution in [0, 0.1) is 0 Å². The highest BCUT2D eigenvalue weighted by atomic mass is 14.8. The lowest BCUT2D eigenvalue weighted by Gasteiger charge is -1.89. The first kappa shape index (κ1) is 18.2. The summed E-state index contributed by atoms with van der Waals surface area (Å²) in [4.78, 5) is 7.90. The van der Waals surface area contributed by atoms with Crippen molar-refractivity contribution < 1.29 is 0 Å². The van der Waals surface area contributed by atoms with Gasteiger partial charge in [0.05, 0.1) is 18.1 Å². The van der Waals surface area contributed by atoms with E-state index in [1.807, 2.05) is 55.4 Å². The minimum atomic E-state index is 0.312. The van der Waals surface area contributed by atoms with Crippen LogP contribution >= 0.6 is 0 Å². The van der Waals surface area contributed by atoms with Crippen molar-refractivity contribution >= 4 is 6.01 Å². The molecule has 0 aliphatic heterocycles. The summed E-state index contributed by atoms with van der Waals surface area (Å²) < 4.78 is 0. The molecule has 2 nitrogen and oxygen atoms in total. The fourth-order valence-electron chi connectivity index (χ4n) is 0.264. The summed E-state index contributed by atoms with van der Waals surface area (Å²) >= 11 is 0. The summed E-state index contributed by atoms with van der Waals surface area (Å²) in [5, 5.41) is 0. The summed E-state index contributed by atoms with van der Waals surface area (Å²) in [6.45, 7) is 16.0. The molecule has 13 heavy (non-hydrogen) atoms. The maximum atomic E-state index is 3.95. The predicted octanol–water partition coefficient (Wildman–Crippen LogP) is 4.03. The zero-order valence-electron chi connectivity index (χ0n) is 10.5. The molecule has 0 unspecified atom stereocenters. The maximum absolute atomic E-state index is 3.95. The highest BCUT2D eigenvalue weighted by Gasteiger charge is 1.82. The third-order valence-corrected chi connectivity index (χ3v) is 0.632. The van der Waals surface area contributed by atoms with Gasteiger partial charge in [-0.1, -0.05) is 27.7 Å². The molecule has 0 aromatic carbocycles. The van der Waals surface area contributed by atoms with Gasteiger partial charge in [0.2, 0.25) is 0 Å². The average molecular weight is 186 g/mol. The van der Waals surface area contributed by atoms with Crippen LogP contribution in [0.15, 0.2) is 9.98 Å². The number of nitrogens with zero attached hydrogens (tertiary/aromatic N) is 2. The van der Waals surface area contributed by atoms with Crippen molar-refractivity contribution in [3.63, 3.8) is 0 Å². The summed E-state index contributed by atoms with van der Waals surface area (Å²) in [7, 11) is 0. The van der Waals surface area contributed by atoms with Crippen molar-refractivity contribution in [1.29, 1.82) is 0 Å². The van der Waals surface area contributed by atoms with E-state index in [1.165, 1.54) is 0 Å². The molecular formula is C11H26N2. The number of hydrogen-bond acceptors (Lipinski definition) is 2. The normalized spacial score (nSPS) is 7.54. The molecule has 80 valence electrons. The lowest BCUT2D eigenvalue weighted by atomic mass is 10.4. The van der Waals surface area contributed by atoms with Crippen molar-refractivity contribution in [2.45, 2.75) is 67.5 Å². The van der Waals surface area contributed by atoms with Crippen LogP contribution < -0.4 is 0 Å². The van der Waals surface area contributed by atoms with Gasteiger partial charge in [-0.05, 0) is 27.7 Å². The van der Waals surface area contributed by atoms with Crippen LogP contribution in [-0.4, -0.2) is 18.1 Å². The van der Waals surface area contributed by atoms with Crippen LogP contribution in [0.3, 0.4) is 0 Å². The lowest BCUT2D eigenvalue weighted by molar-refractivity contribution is 0.818. The van der Waals surface area contributed by atoms with E-state index in [-0.39, 0.29) is 0 Å². The molecule has 0 atom stereocenters. The Balaban J connectivity index is -0.000000218. The summed E-state index contributed by atoms with van der Waals surface area (Å²) in [5.74, 6) is 0. The molecule has 0 saturated heterocycles. The van der Waals surface area contributed by atoms with Crippen LogP contribution in [0.25, 0.3) is 0 Å². The van der Waals surface area contributed by atoms with Gasteiger partial charge < -0.3 is 0 Å². The van der Waals surface area contributed by atoms with Crippen LogP contribution in [-0.2, 0) is 0 Å². The van der Waals surface area contributed by atoms with E-state index >= 15 is 0 Å². The van der Waals surface area contributed by atoms with Gasteiger partial charge in [0, 0.05) is 0 Å². The third-order valence-electron chi connectivity index (χ3n) is 0.632. The second kappa shape index (κ2) is 17.5. The van der Waals surface area contributed by atoms with E-state index in [0.29, 0.717) is 12.1 Å². The fraction of sp³-hybridized carbons (Fsp3) is 0.909. The lowest BCUT2D eigenvalue weighted by Crippen LogP contribution is -1.88. The number of hydrogen-bond donors (Lipinski definition) is 0. The molecular weight excluding hydrogens is 160 g/mol. The van der Waals surface area contributed by atoms with E-state index in [1.54, 1.807) is 0 Å². The average Bonchev–Trinajstić information content (AvgIpc) is 2.10. The topological polar surface area (TPSA) is 24.7 Å². The molecule has 0 amide bonds. The maximum Gasteiger partial charge on any atom is 0.0897 e. The molecule has 0 radical (unpaired) electrons. The van der Waals surface area contributed by atoms with E-state index in [2.05, 4.69) is 16.0 Å². The molecule has 0 aliphatic carbocycles. The van der Waals surface area contributed by atoms with Crippen LogP contribution in [0.2, 0.25) is 0 Å². The van der Waals surface area contributed by atoms with E-state index in [9.17, 15) is 0 Å². The molecule has 0 aromatic rings. The van der Waals surface area contributed by atoms with Gasteiger partial charge in [0.25, 0.3) is 0 Å². The van der Waals surface area contributed by atoms with E-state index in [0.717, 1.165) is 0 Å². The molecule has 0 fully saturated rings. The molecule has 0 aromatic heterocycles. The summed E-state index contributed by atoms with van der Waals surface area (Å²) in [6.07, 6.45) is 0. The zero-order chi connectivity index (χ0) is 11.3. The highest BCUT2D eigenvalue weighted by Crippen LogP contribution is 1.84. The quantitative estimate of drug-likeness (QED) is 0.582. The largest absolute Gasteiger partial charge is 0.223 e. The first-order chi connectivity index (χ1) is 6.13. The smallest absolute Gasteiger partial charge is 0.0897 e. The third kappa shape index (κ3) is 34.6. The van der Waals surface area contributed by atoms with Crippen LogP contribution in [0.5, 0.6) is 0 Å². The van der Waals surface area contributed by atoms with E-state index < -0.39 is 0 Å². The van der Waals surface area contributed by atoms with Gasteiger partial charge in [-0.2, -0.15) is 0 Å². The first-order valence-electron chi connectivity index (χ1n) is 5.27. The SMILES string of the molecule is CC.CC.CC(C)N=C=NC(C)C. The number of aliphatic imine (C=N–C) groups is 2. The summed E-state index contributed by atoms with van der Waals surface area (Å²) in [6, 6.07) is 3.26. The molecule has 2 heteroatoms. The fourth-order valence-corrected chi connectivity index (χ4v) is 0.264. The Hall–Kier alpha value is -0.620. The standard InChI is InChI=1S/C7H14N2.2C2H6/c1-6(2)8-5-9-7(3)4;2*1-2/h6-7H,1-4H3;2*1-2H3. The minimum absolute atomic E-state index is 0.312. The van der Waals surface area contributed by atoms with Crippen molar-refractivity contribution in [3.8, 4) is 0 Å². The van der Waals surface area contributed by atoms with Gasteiger partial charge >= 0.3 is 0 Å². The van der Waals surface area contributed by atoms with Crippen molar-refractivity contribution in [2.75, 3.05) is 0 Å². The Morgan fingerprint density at radius 3 is 1.08 bits per heavy atom. The Morgan fingerprint density at radius 1 is 0.692 bits per heavy atom. The van der Waals surface area contributed by atoms with Gasteiger partial charge in [0.15, 0.2) is 0 Å². The molecule has 0 rings (SSSR count). The second-order valence-electron chi connectivity index (χ2n) is 2.55. The molecule has 0 bridgehead atoms. The second-order valence-corrected chi connectivity index (χ2v) is 2.55. The molecule has 0 aliphatic rings. The summed E-state index contributed by atoms with van der Waals surface area (Å²) in [5.41, 5.74) is 0. The van der Waals surface area contributed by atoms with Crippen LogP contribution in [0.4, 0.5) is 0 Å². The number of rotatable bonds is 2. The monoisotopic (exact) mass is 186 g/mol. The predicted molar refractivity (Wildman–Crippen MR) is 62.8 cm³/mol. The van der Waals surface area contributed by atoms with Crippen molar-refractivity contribution in [1.82, 2.24) is 0 Å². The molecule has 0 N–H and O–H groups in total. The Kier molecular flexibility index (Phi) is 24.5. The van der Waals surface area contributed by atoms with Gasteiger partial charge in [-0.3, -0.25) is 0 Å². The van der Waals surface area contributed by atoms with Crippen LogP contribution in [0.1, 0.15) is 55.4 Å². The van der Waals surface area contributed by atoms with Gasteiger partial charge in [-0.15, -0.1) is 0 Å². The van der Waals surface area contributed by atoms with E-state index in [4.69, 9.17) is 0 Å². The minimum Gasteiger partial charge on any atom is -0.223 e. The van der Waals surface area contributed by atoms with Gasteiger partial charge in [-0.25, -0.2) is 9.98 Å². The molecule has 0 saturated carbocycles. The highest BCUT2D eigenvalue weighted by molar-refractivity contribution is 5.41. The molecule has 0 heterocycles. The first-order valence-corrected chi connectivity index (χ1v) is 5.27.